The Morgan fingerprint density at radius 3 is 2.76 bits per heavy atom. The summed E-state index contributed by atoms with van der Waals surface area (Å²) in [5, 5.41) is 7.15. The number of benzene rings is 1. The van der Waals surface area contributed by atoms with Gasteiger partial charge in [0.1, 0.15) is 0 Å². The molecule has 0 saturated carbocycles. The normalized spacial score (nSPS) is 12.1. The van der Waals surface area contributed by atoms with Crippen molar-refractivity contribution < 1.29 is 9.53 Å². The summed E-state index contributed by atoms with van der Waals surface area (Å²) in [7, 11) is 0. The van der Waals surface area contributed by atoms with Crippen molar-refractivity contribution in [1.29, 1.82) is 0 Å². The lowest BCUT2D eigenvalue weighted by Gasteiger charge is -2.15. The number of ether oxygens (including phenoxy) is 1. The van der Waals surface area contributed by atoms with Gasteiger partial charge >= 0.3 is 0 Å². The Kier molecular flexibility index (Phi) is 5.51. The van der Waals surface area contributed by atoms with Crippen LogP contribution in [-0.4, -0.2) is 28.9 Å². The van der Waals surface area contributed by atoms with Gasteiger partial charge in [-0.15, -0.1) is 0 Å². The lowest BCUT2D eigenvalue weighted by Crippen LogP contribution is -2.27. The van der Waals surface area contributed by atoms with Crippen LogP contribution in [0.15, 0.2) is 42.7 Å². The van der Waals surface area contributed by atoms with Gasteiger partial charge in [0.05, 0.1) is 18.3 Å². The summed E-state index contributed by atoms with van der Waals surface area (Å²) < 4.78 is 6.98. The summed E-state index contributed by atoms with van der Waals surface area (Å²) in [4.78, 5) is 11.8. The van der Waals surface area contributed by atoms with Gasteiger partial charge in [0, 0.05) is 25.4 Å². The van der Waals surface area contributed by atoms with Crippen LogP contribution in [0.2, 0.25) is 0 Å². The minimum atomic E-state index is -0.0224. The van der Waals surface area contributed by atoms with Crippen molar-refractivity contribution >= 4 is 5.91 Å². The van der Waals surface area contributed by atoms with Crippen LogP contribution in [0.1, 0.15) is 31.9 Å². The van der Waals surface area contributed by atoms with Crippen molar-refractivity contribution in [2.24, 2.45) is 0 Å². The second-order valence-electron chi connectivity index (χ2n) is 4.78. The Balaban J connectivity index is 1.90. The SMILES string of the molecule is CCOCCC(=O)NC(C)c1ccc(-n2cccn2)cc1. The highest BCUT2D eigenvalue weighted by Gasteiger charge is 2.09. The largest absolute Gasteiger partial charge is 0.381 e. The minimum absolute atomic E-state index is 0.00658. The van der Waals surface area contributed by atoms with E-state index in [9.17, 15) is 4.79 Å². The van der Waals surface area contributed by atoms with Crippen molar-refractivity contribution in [2.45, 2.75) is 26.3 Å². The van der Waals surface area contributed by atoms with Crippen LogP contribution in [-0.2, 0) is 9.53 Å². The summed E-state index contributed by atoms with van der Waals surface area (Å²) in [6.45, 7) is 4.99. The third-order valence-electron chi connectivity index (χ3n) is 3.22. The van der Waals surface area contributed by atoms with Crippen LogP contribution >= 0.6 is 0 Å². The van der Waals surface area contributed by atoms with E-state index in [2.05, 4.69) is 10.4 Å². The predicted octanol–water partition coefficient (Wildman–Crippen LogP) is 2.48. The van der Waals surface area contributed by atoms with Gasteiger partial charge in [-0.25, -0.2) is 4.68 Å². The van der Waals surface area contributed by atoms with E-state index in [1.165, 1.54) is 0 Å². The molecule has 1 unspecified atom stereocenters. The van der Waals surface area contributed by atoms with Crippen molar-refractivity contribution in [1.82, 2.24) is 15.1 Å². The standard InChI is InChI=1S/C16H21N3O2/c1-3-21-12-9-16(20)18-13(2)14-5-7-15(8-6-14)19-11-4-10-17-19/h4-8,10-11,13H,3,9,12H2,1-2H3,(H,18,20). The van der Waals surface area contributed by atoms with Gasteiger partial charge < -0.3 is 10.1 Å². The first kappa shape index (κ1) is 15.3. The average molecular weight is 287 g/mol. The molecule has 0 fully saturated rings. The molecule has 112 valence electrons. The molecule has 0 bridgehead atoms. The van der Waals surface area contributed by atoms with Gasteiger partial charge in [-0.3, -0.25) is 4.79 Å². The Morgan fingerprint density at radius 2 is 2.14 bits per heavy atom. The molecule has 0 aliphatic carbocycles. The number of amides is 1. The molecule has 1 heterocycles. The van der Waals surface area contributed by atoms with E-state index in [1.807, 2.05) is 50.4 Å². The highest BCUT2D eigenvalue weighted by Crippen LogP contribution is 2.15. The number of rotatable bonds is 7. The number of carbonyl (C=O) groups is 1. The summed E-state index contributed by atoms with van der Waals surface area (Å²) in [6, 6.07) is 9.85. The molecule has 1 atom stereocenters. The van der Waals surface area contributed by atoms with E-state index in [1.54, 1.807) is 10.9 Å². The molecular formula is C16H21N3O2. The molecule has 1 N–H and O–H groups in total. The Labute approximate surface area is 124 Å². The minimum Gasteiger partial charge on any atom is -0.381 e. The molecule has 0 aliphatic heterocycles. The molecule has 0 spiro atoms. The van der Waals surface area contributed by atoms with Crippen molar-refractivity contribution in [3.63, 3.8) is 0 Å². The molecule has 1 amide bonds. The fraction of sp³-hybridized carbons (Fsp3) is 0.375. The van der Waals surface area contributed by atoms with Crippen LogP contribution in [0.25, 0.3) is 5.69 Å². The quantitative estimate of drug-likeness (QED) is 0.796. The second kappa shape index (κ2) is 7.59. The average Bonchev–Trinajstić information content (AvgIpc) is 3.02. The van der Waals surface area contributed by atoms with E-state index < -0.39 is 0 Å². The smallest absolute Gasteiger partial charge is 0.222 e. The van der Waals surface area contributed by atoms with E-state index in [4.69, 9.17) is 4.74 Å². The molecule has 0 aliphatic rings. The van der Waals surface area contributed by atoms with Crippen LogP contribution in [0.3, 0.4) is 0 Å². The molecule has 1 aromatic heterocycles. The van der Waals surface area contributed by atoms with Crippen LogP contribution in [0, 0.1) is 0 Å². The molecule has 5 heteroatoms. The Bertz CT molecular complexity index is 549. The fourth-order valence-electron chi connectivity index (χ4n) is 2.04. The zero-order chi connectivity index (χ0) is 15.1. The number of hydrogen-bond acceptors (Lipinski definition) is 3. The van der Waals surface area contributed by atoms with E-state index in [-0.39, 0.29) is 11.9 Å². The maximum absolute atomic E-state index is 11.8. The predicted molar refractivity (Wildman–Crippen MR) is 81.2 cm³/mol. The number of hydrogen-bond donors (Lipinski definition) is 1. The number of nitrogens with one attached hydrogen (secondary N) is 1. The molecule has 2 aromatic rings. The van der Waals surface area contributed by atoms with E-state index in [0.717, 1.165) is 11.3 Å². The van der Waals surface area contributed by atoms with Crippen molar-refractivity contribution in [3.8, 4) is 5.69 Å². The number of nitrogens with zero attached hydrogens (tertiary/aromatic N) is 2. The zero-order valence-corrected chi connectivity index (χ0v) is 12.5. The summed E-state index contributed by atoms with van der Waals surface area (Å²) >= 11 is 0. The Hall–Kier alpha value is -2.14. The summed E-state index contributed by atoms with van der Waals surface area (Å²) in [6.07, 6.45) is 4.03. The van der Waals surface area contributed by atoms with E-state index in [0.29, 0.717) is 19.6 Å². The molecule has 0 saturated heterocycles. The lowest BCUT2D eigenvalue weighted by molar-refractivity contribution is -0.122. The third-order valence-corrected chi connectivity index (χ3v) is 3.22. The molecule has 1 aromatic carbocycles. The van der Waals surface area contributed by atoms with Crippen LogP contribution in [0.5, 0.6) is 0 Å². The lowest BCUT2D eigenvalue weighted by atomic mass is 10.1. The van der Waals surface area contributed by atoms with Crippen LogP contribution in [0.4, 0.5) is 0 Å². The summed E-state index contributed by atoms with van der Waals surface area (Å²) in [5.74, 6) is 0.00658. The van der Waals surface area contributed by atoms with Crippen molar-refractivity contribution in [2.75, 3.05) is 13.2 Å². The highest BCUT2D eigenvalue weighted by molar-refractivity contribution is 5.76. The third kappa shape index (κ3) is 4.43. The molecular weight excluding hydrogens is 266 g/mol. The Morgan fingerprint density at radius 1 is 1.38 bits per heavy atom. The van der Waals surface area contributed by atoms with Gasteiger partial charge in [0.15, 0.2) is 0 Å². The first-order valence-corrected chi connectivity index (χ1v) is 7.17. The molecule has 0 radical (unpaired) electrons. The van der Waals surface area contributed by atoms with E-state index >= 15 is 0 Å². The zero-order valence-electron chi connectivity index (χ0n) is 12.5. The maximum Gasteiger partial charge on any atom is 0.222 e. The number of aromatic nitrogens is 2. The van der Waals surface area contributed by atoms with Gasteiger partial charge in [-0.1, -0.05) is 12.1 Å². The summed E-state index contributed by atoms with van der Waals surface area (Å²) in [5.41, 5.74) is 2.06. The van der Waals surface area contributed by atoms with Gasteiger partial charge in [0.2, 0.25) is 5.91 Å². The highest BCUT2D eigenvalue weighted by atomic mass is 16.5. The second-order valence-corrected chi connectivity index (χ2v) is 4.78. The van der Waals surface area contributed by atoms with Gasteiger partial charge in [0.25, 0.3) is 0 Å². The van der Waals surface area contributed by atoms with Gasteiger partial charge in [-0.2, -0.15) is 5.10 Å². The maximum atomic E-state index is 11.8. The molecule has 21 heavy (non-hydrogen) atoms. The topological polar surface area (TPSA) is 56.1 Å². The molecule has 5 nitrogen and oxygen atoms in total. The monoisotopic (exact) mass is 287 g/mol. The van der Waals surface area contributed by atoms with Crippen molar-refractivity contribution in [3.05, 3.63) is 48.3 Å². The fourth-order valence-corrected chi connectivity index (χ4v) is 2.04. The number of carbonyl (C=O) groups excluding carboxylic acids is 1. The van der Waals surface area contributed by atoms with Crippen LogP contribution < -0.4 is 5.32 Å². The molecule has 2 rings (SSSR count). The van der Waals surface area contributed by atoms with Gasteiger partial charge in [-0.05, 0) is 37.6 Å². The first-order chi connectivity index (χ1) is 10.2. The first-order valence-electron chi connectivity index (χ1n) is 7.17.